The third-order valence-electron chi connectivity index (χ3n) is 2.82. The minimum atomic E-state index is -4.47. The molecule has 0 aliphatic heterocycles. The molecule has 1 atom stereocenters. The fourth-order valence-electron chi connectivity index (χ4n) is 1.77. The summed E-state index contributed by atoms with van der Waals surface area (Å²) < 4.78 is 43.0. The molecule has 0 radical (unpaired) electrons. The summed E-state index contributed by atoms with van der Waals surface area (Å²) in [7, 11) is 0. The summed E-state index contributed by atoms with van der Waals surface area (Å²) in [6, 6.07) is 2.79. The average Bonchev–Trinajstić information content (AvgIpc) is 2.40. The van der Waals surface area contributed by atoms with Gasteiger partial charge in [0.05, 0.1) is 16.5 Å². The van der Waals surface area contributed by atoms with Crippen LogP contribution >= 0.6 is 23.2 Å². The normalized spacial score (nSPS) is 18.3. The van der Waals surface area contributed by atoms with Crippen LogP contribution in [0.25, 0.3) is 0 Å². The zero-order valence-corrected chi connectivity index (χ0v) is 12.0. The number of allylic oxidation sites excluding steroid dienone is 3. The SMILES string of the molecule is O=C(Cl)C1C=C(Oc2ccc(C(F)(F)F)cc2Cl)C=CC1. The van der Waals surface area contributed by atoms with Gasteiger partial charge < -0.3 is 4.74 Å². The standard InChI is InChI=1S/C14H9Cl2F3O2/c15-11-7-9(14(17,18)19)4-5-12(11)21-10-3-1-2-8(6-10)13(16)20/h1,3-8H,2H2. The van der Waals surface area contributed by atoms with Crippen LogP contribution in [0.5, 0.6) is 5.75 Å². The van der Waals surface area contributed by atoms with Gasteiger partial charge in [0.25, 0.3) is 0 Å². The molecule has 0 saturated carbocycles. The van der Waals surface area contributed by atoms with Crippen LogP contribution in [0.3, 0.4) is 0 Å². The molecule has 1 aromatic rings. The van der Waals surface area contributed by atoms with E-state index in [1.807, 2.05) is 0 Å². The number of alkyl halides is 3. The lowest BCUT2D eigenvalue weighted by atomic mass is 10.0. The maximum absolute atomic E-state index is 12.5. The molecule has 1 aliphatic carbocycles. The van der Waals surface area contributed by atoms with E-state index in [1.54, 1.807) is 12.2 Å². The Morgan fingerprint density at radius 3 is 2.62 bits per heavy atom. The van der Waals surface area contributed by atoms with E-state index in [0.717, 1.165) is 18.2 Å². The first-order chi connectivity index (χ1) is 9.77. The highest BCUT2D eigenvalue weighted by molar-refractivity contribution is 6.64. The van der Waals surface area contributed by atoms with Gasteiger partial charge in [-0.1, -0.05) is 17.7 Å². The molecule has 21 heavy (non-hydrogen) atoms. The molecule has 2 rings (SSSR count). The second-order valence-electron chi connectivity index (χ2n) is 4.36. The van der Waals surface area contributed by atoms with Crippen molar-refractivity contribution in [2.24, 2.45) is 5.92 Å². The summed E-state index contributed by atoms with van der Waals surface area (Å²) in [5.74, 6) is -0.134. The van der Waals surface area contributed by atoms with Gasteiger partial charge in [0, 0.05) is 0 Å². The van der Waals surface area contributed by atoms with Crippen molar-refractivity contribution in [1.82, 2.24) is 0 Å². The number of halogens is 5. The minimum Gasteiger partial charge on any atom is -0.456 e. The molecule has 0 spiro atoms. The number of ether oxygens (including phenoxy) is 1. The van der Waals surface area contributed by atoms with E-state index in [-0.39, 0.29) is 10.8 Å². The highest BCUT2D eigenvalue weighted by Crippen LogP contribution is 2.35. The number of carbonyl (C=O) groups is 1. The third-order valence-corrected chi connectivity index (χ3v) is 3.39. The fraction of sp³-hybridized carbons (Fsp3) is 0.214. The highest BCUT2D eigenvalue weighted by atomic mass is 35.5. The molecule has 0 fully saturated rings. The first-order valence-electron chi connectivity index (χ1n) is 5.89. The zero-order chi connectivity index (χ0) is 15.6. The number of hydrogen-bond acceptors (Lipinski definition) is 2. The van der Waals surface area contributed by atoms with Crippen molar-refractivity contribution >= 4 is 28.4 Å². The average molecular weight is 337 g/mol. The van der Waals surface area contributed by atoms with Crippen LogP contribution in [0.15, 0.2) is 42.2 Å². The Bertz CT molecular complexity index is 621. The highest BCUT2D eigenvalue weighted by Gasteiger charge is 2.31. The minimum absolute atomic E-state index is 0.0724. The van der Waals surface area contributed by atoms with Crippen molar-refractivity contribution in [2.75, 3.05) is 0 Å². The van der Waals surface area contributed by atoms with E-state index in [4.69, 9.17) is 27.9 Å². The first kappa shape index (κ1) is 15.9. The lowest BCUT2D eigenvalue weighted by Crippen LogP contribution is -2.10. The molecule has 0 N–H and O–H groups in total. The van der Waals surface area contributed by atoms with Gasteiger partial charge in [-0.05, 0) is 48.4 Å². The Kier molecular flexibility index (Phi) is 4.64. The molecule has 0 saturated heterocycles. The lowest BCUT2D eigenvalue weighted by Gasteiger charge is -2.15. The van der Waals surface area contributed by atoms with Crippen molar-refractivity contribution in [3.8, 4) is 5.75 Å². The molecule has 2 nitrogen and oxygen atoms in total. The summed E-state index contributed by atoms with van der Waals surface area (Å²) in [6.45, 7) is 0. The Morgan fingerprint density at radius 1 is 1.33 bits per heavy atom. The van der Waals surface area contributed by atoms with E-state index in [9.17, 15) is 18.0 Å². The van der Waals surface area contributed by atoms with Crippen LogP contribution in [0.2, 0.25) is 5.02 Å². The van der Waals surface area contributed by atoms with Gasteiger partial charge in [-0.25, -0.2) is 0 Å². The van der Waals surface area contributed by atoms with Crippen molar-refractivity contribution in [3.63, 3.8) is 0 Å². The monoisotopic (exact) mass is 336 g/mol. The maximum atomic E-state index is 12.5. The molecule has 0 heterocycles. The molecule has 0 amide bonds. The molecule has 1 aliphatic rings. The largest absolute Gasteiger partial charge is 0.456 e. The summed E-state index contributed by atoms with van der Waals surface area (Å²) in [4.78, 5) is 11.1. The topological polar surface area (TPSA) is 26.3 Å². The van der Waals surface area contributed by atoms with Gasteiger partial charge in [0.2, 0.25) is 5.24 Å². The van der Waals surface area contributed by atoms with Gasteiger partial charge >= 0.3 is 6.18 Å². The smallest absolute Gasteiger partial charge is 0.416 e. The third kappa shape index (κ3) is 4.02. The van der Waals surface area contributed by atoms with Crippen LogP contribution in [-0.4, -0.2) is 5.24 Å². The van der Waals surface area contributed by atoms with Gasteiger partial charge in [-0.15, -0.1) is 0 Å². The molecular formula is C14H9Cl2F3O2. The Balaban J connectivity index is 2.21. The number of rotatable bonds is 3. The summed E-state index contributed by atoms with van der Waals surface area (Å²) in [5, 5.41) is -0.697. The summed E-state index contributed by atoms with van der Waals surface area (Å²) >= 11 is 11.2. The van der Waals surface area contributed by atoms with Crippen LogP contribution in [0, 0.1) is 5.92 Å². The molecule has 112 valence electrons. The van der Waals surface area contributed by atoms with Crippen molar-refractivity contribution < 1.29 is 22.7 Å². The summed E-state index contributed by atoms with van der Waals surface area (Å²) in [6.07, 6.45) is 0.782. The number of carbonyl (C=O) groups excluding carboxylic acids is 1. The van der Waals surface area contributed by atoms with Gasteiger partial charge in [-0.2, -0.15) is 13.2 Å². The lowest BCUT2D eigenvalue weighted by molar-refractivity contribution is -0.137. The molecular weight excluding hydrogens is 328 g/mol. The Hall–Kier alpha value is -1.46. The van der Waals surface area contributed by atoms with Crippen molar-refractivity contribution in [1.29, 1.82) is 0 Å². The van der Waals surface area contributed by atoms with E-state index >= 15 is 0 Å². The van der Waals surface area contributed by atoms with Gasteiger partial charge in [0.15, 0.2) is 0 Å². The van der Waals surface area contributed by atoms with Crippen LogP contribution in [0.4, 0.5) is 13.2 Å². The van der Waals surface area contributed by atoms with E-state index < -0.39 is 22.9 Å². The zero-order valence-electron chi connectivity index (χ0n) is 10.5. The van der Waals surface area contributed by atoms with Crippen LogP contribution in [0.1, 0.15) is 12.0 Å². The van der Waals surface area contributed by atoms with E-state index in [1.165, 1.54) is 6.08 Å². The summed E-state index contributed by atoms with van der Waals surface area (Å²) in [5.41, 5.74) is -0.859. The van der Waals surface area contributed by atoms with Gasteiger partial charge in [-0.3, -0.25) is 4.79 Å². The number of benzene rings is 1. The predicted octanol–water partition coefficient (Wildman–Crippen LogP) is 4.96. The predicted molar refractivity (Wildman–Crippen MR) is 73.3 cm³/mol. The van der Waals surface area contributed by atoms with Crippen molar-refractivity contribution in [2.45, 2.75) is 12.6 Å². The van der Waals surface area contributed by atoms with Gasteiger partial charge in [0.1, 0.15) is 11.5 Å². The second-order valence-corrected chi connectivity index (χ2v) is 5.14. The van der Waals surface area contributed by atoms with Crippen LogP contribution in [-0.2, 0) is 11.0 Å². The van der Waals surface area contributed by atoms with E-state index in [0.29, 0.717) is 12.2 Å². The molecule has 1 unspecified atom stereocenters. The Morgan fingerprint density at radius 2 is 2.05 bits per heavy atom. The maximum Gasteiger partial charge on any atom is 0.416 e. The second kappa shape index (κ2) is 6.12. The molecule has 0 aromatic heterocycles. The molecule has 0 bridgehead atoms. The molecule has 1 aromatic carbocycles. The molecule has 7 heteroatoms. The van der Waals surface area contributed by atoms with E-state index in [2.05, 4.69) is 0 Å². The first-order valence-corrected chi connectivity index (χ1v) is 6.65. The Labute approximate surface area is 128 Å². The number of hydrogen-bond donors (Lipinski definition) is 0. The quantitative estimate of drug-likeness (QED) is 0.729. The fourth-order valence-corrected chi connectivity index (χ4v) is 2.14. The van der Waals surface area contributed by atoms with Crippen LogP contribution < -0.4 is 4.74 Å². The van der Waals surface area contributed by atoms with Crippen molar-refractivity contribution in [3.05, 3.63) is 52.8 Å².